The SMILES string of the molecule is CCc1n[nH]c(=O)c(CNC(=O)NCc2ccc(-n3ccnc3)nc2)c1CC. The predicted octanol–water partition coefficient (Wildman–Crippen LogP) is 1.47. The molecule has 0 radical (unpaired) electrons. The van der Waals surface area contributed by atoms with Crippen LogP contribution in [0.25, 0.3) is 5.82 Å². The molecule has 0 aliphatic rings. The van der Waals surface area contributed by atoms with Crippen LogP contribution in [0.2, 0.25) is 0 Å². The fraction of sp³-hybridized carbons (Fsp3) is 0.316. The number of hydrogen-bond acceptors (Lipinski definition) is 5. The highest BCUT2D eigenvalue weighted by atomic mass is 16.2. The Morgan fingerprint density at radius 3 is 2.61 bits per heavy atom. The Morgan fingerprint density at radius 2 is 1.96 bits per heavy atom. The number of aromatic nitrogens is 5. The maximum absolute atomic E-state index is 12.1. The van der Waals surface area contributed by atoms with Gasteiger partial charge in [0, 0.05) is 30.7 Å². The van der Waals surface area contributed by atoms with Crippen molar-refractivity contribution in [1.29, 1.82) is 0 Å². The van der Waals surface area contributed by atoms with Crippen LogP contribution < -0.4 is 16.2 Å². The van der Waals surface area contributed by atoms with Crippen LogP contribution in [0.4, 0.5) is 4.79 Å². The molecule has 0 aromatic carbocycles. The third-order valence-electron chi connectivity index (χ3n) is 4.42. The molecule has 3 aromatic heterocycles. The molecular weight excluding hydrogens is 358 g/mol. The molecule has 2 amide bonds. The van der Waals surface area contributed by atoms with Gasteiger partial charge in [-0.15, -0.1) is 0 Å². The quantitative estimate of drug-likeness (QED) is 0.573. The van der Waals surface area contributed by atoms with Crippen molar-refractivity contribution < 1.29 is 4.79 Å². The highest BCUT2D eigenvalue weighted by Gasteiger charge is 2.12. The number of carbonyl (C=O) groups excluding carboxylic acids is 1. The van der Waals surface area contributed by atoms with Gasteiger partial charge in [-0.1, -0.05) is 19.9 Å². The zero-order chi connectivity index (χ0) is 19.9. The monoisotopic (exact) mass is 381 g/mol. The van der Waals surface area contributed by atoms with E-state index in [1.54, 1.807) is 23.3 Å². The second kappa shape index (κ2) is 8.94. The van der Waals surface area contributed by atoms with Crippen molar-refractivity contribution in [2.45, 2.75) is 39.8 Å². The number of aryl methyl sites for hydroxylation is 1. The molecule has 3 aromatic rings. The Hall–Kier alpha value is -3.49. The number of carbonyl (C=O) groups is 1. The van der Waals surface area contributed by atoms with Gasteiger partial charge < -0.3 is 10.6 Å². The molecule has 0 aliphatic heterocycles. The van der Waals surface area contributed by atoms with Crippen molar-refractivity contribution in [2.24, 2.45) is 0 Å². The predicted molar refractivity (Wildman–Crippen MR) is 104 cm³/mol. The summed E-state index contributed by atoms with van der Waals surface area (Å²) in [5.74, 6) is 0.751. The molecule has 0 bridgehead atoms. The third-order valence-corrected chi connectivity index (χ3v) is 4.42. The van der Waals surface area contributed by atoms with E-state index in [2.05, 4.69) is 30.8 Å². The summed E-state index contributed by atoms with van der Waals surface area (Å²) < 4.78 is 1.80. The lowest BCUT2D eigenvalue weighted by atomic mass is 10.0. The highest BCUT2D eigenvalue weighted by Crippen LogP contribution is 2.10. The van der Waals surface area contributed by atoms with E-state index in [1.807, 2.05) is 32.2 Å². The summed E-state index contributed by atoms with van der Waals surface area (Å²) in [5, 5.41) is 12.1. The average molecular weight is 381 g/mol. The van der Waals surface area contributed by atoms with E-state index in [0.29, 0.717) is 18.5 Å². The number of rotatable bonds is 7. The van der Waals surface area contributed by atoms with E-state index >= 15 is 0 Å². The number of aromatic amines is 1. The van der Waals surface area contributed by atoms with Crippen molar-refractivity contribution >= 4 is 6.03 Å². The van der Waals surface area contributed by atoms with Gasteiger partial charge in [-0.05, 0) is 30.0 Å². The second-order valence-corrected chi connectivity index (χ2v) is 6.19. The lowest BCUT2D eigenvalue weighted by molar-refractivity contribution is 0.240. The minimum absolute atomic E-state index is 0.150. The van der Waals surface area contributed by atoms with Gasteiger partial charge in [-0.2, -0.15) is 5.10 Å². The van der Waals surface area contributed by atoms with Crippen molar-refractivity contribution in [1.82, 2.24) is 35.4 Å². The first-order valence-electron chi connectivity index (χ1n) is 9.16. The number of urea groups is 1. The van der Waals surface area contributed by atoms with Gasteiger partial charge in [-0.25, -0.2) is 19.9 Å². The second-order valence-electron chi connectivity index (χ2n) is 6.19. The molecule has 3 heterocycles. The zero-order valence-electron chi connectivity index (χ0n) is 15.9. The van der Waals surface area contributed by atoms with Crippen molar-refractivity contribution in [3.63, 3.8) is 0 Å². The molecule has 9 heteroatoms. The normalized spacial score (nSPS) is 10.6. The van der Waals surface area contributed by atoms with Crippen LogP contribution in [0.3, 0.4) is 0 Å². The molecule has 3 rings (SSSR count). The van der Waals surface area contributed by atoms with Gasteiger partial charge in [-0.3, -0.25) is 9.36 Å². The largest absolute Gasteiger partial charge is 0.334 e. The fourth-order valence-corrected chi connectivity index (χ4v) is 2.94. The average Bonchev–Trinajstić information content (AvgIpc) is 3.26. The maximum atomic E-state index is 12.1. The van der Waals surface area contributed by atoms with E-state index in [-0.39, 0.29) is 18.1 Å². The first kappa shape index (κ1) is 19.3. The Kier molecular flexibility index (Phi) is 6.15. The van der Waals surface area contributed by atoms with Crippen LogP contribution in [0.5, 0.6) is 0 Å². The Labute approximate surface area is 162 Å². The molecule has 0 saturated heterocycles. The molecule has 9 nitrogen and oxygen atoms in total. The third kappa shape index (κ3) is 4.43. The Morgan fingerprint density at radius 1 is 1.14 bits per heavy atom. The maximum Gasteiger partial charge on any atom is 0.315 e. The fourth-order valence-electron chi connectivity index (χ4n) is 2.94. The van der Waals surface area contributed by atoms with Gasteiger partial charge in [0.2, 0.25) is 0 Å². The summed E-state index contributed by atoms with van der Waals surface area (Å²) in [6.45, 7) is 4.43. The van der Waals surface area contributed by atoms with Crippen LogP contribution in [-0.4, -0.2) is 30.8 Å². The van der Waals surface area contributed by atoms with E-state index in [9.17, 15) is 9.59 Å². The lowest BCUT2D eigenvalue weighted by Crippen LogP contribution is -2.36. The number of amides is 2. The highest BCUT2D eigenvalue weighted by molar-refractivity contribution is 5.73. The summed E-state index contributed by atoms with van der Waals surface area (Å²) in [6.07, 6.45) is 8.27. The van der Waals surface area contributed by atoms with E-state index < -0.39 is 0 Å². The van der Waals surface area contributed by atoms with Crippen LogP contribution in [-0.2, 0) is 25.9 Å². The number of imidazole rings is 1. The standard InChI is InChI=1S/C19H23N7O2/c1-3-14-15(18(27)25-24-16(14)4-2)11-23-19(28)22-10-13-5-6-17(21-9-13)26-8-7-20-12-26/h5-9,12H,3-4,10-11H2,1-2H3,(H,25,27)(H2,22,23,28). The van der Waals surface area contributed by atoms with Crippen LogP contribution >= 0.6 is 0 Å². The van der Waals surface area contributed by atoms with E-state index in [1.165, 1.54) is 0 Å². The first-order valence-corrected chi connectivity index (χ1v) is 9.16. The summed E-state index contributed by atoms with van der Waals surface area (Å²) in [7, 11) is 0. The molecule has 0 fully saturated rings. The van der Waals surface area contributed by atoms with E-state index in [4.69, 9.17) is 0 Å². The Balaban J connectivity index is 1.56. The summed E-state index contributed by atoms with van der Waals surface area (Å²) in [6, 6.07) is 3.39. The van der Waals surface area contributed by atoms with Crippen molar-refractivity contribution in [2.75, 3.05) is 0 Å². The molecule has 146 valence electrons. The molecule has 0 unspecified atom stereocenters. The van der Waals surface area contributed by atoms with Gasteiger partial charge in [0.1, 0.15) is 12.1 Å². The van der Waals surface area contributed by atoms with Gasteiger partial charge in [0.15, 0.2) is 0 Å². The molecule has 0 spiro atoms. The van der Waals surface area contributed by atoms with Crippen LogP contribution in [0.1, 0.15) is 36.2 Å². The number of pyridine rings is 1. The molecule has 3 N–H and O–H groups in total. The Bertz CT molecular complexity index is 979. The number of nitrogens with zero attached hydrogens (tertiary/aromatic N) is 4. The molecule has 28 heavy (non-hydrogen) atoms. The van der Waals surface area contributed by atoms with Gasteiger partial charge in [0.05, 0.1) is 12.2 Å². The van der Waals surface area contributed by atoms with Crippen molar-refractivity contribution in [3.05, 3.63) is 69.8 Å². The summed E-state index contributed by atoms with van der Waals surface area (Å²) in [4.78, 5) is 32.5. The minimum Gasteiger partial charge on any atom is -0.334 e. The molecule has 0 aliphatic carbocycles. The molecule has 0 saturated carbocycles. The minimum atomic E-state index is -0.352. The lowest BCUT2D eigenvalue weighted by Gasteiger charge is -2.12. The van der Waals surface area contributed by atoms with Crippen LogP contribution in [0, 0.1) is 0 Å². The van der Waals surface area contributed by atoms with Crippen LogP contribution in [0.15, 0.2) is 41.8 Å². The summed E-state index contributed by atoms with van der Waals surface area (Å²) >= 11 is 0. The smallest absolute Gasteiger partial charge is 0.315 e. The first-order chi connectivity index (χ1) is 13.6. The molecule has 0 atom stereocenters. The summed E-state index contributed by atoms with van der Waals surface area (Å²) in [5.41, 5.74) is 2.89. The van der Waals surface area contributed by atoms with Gasteiger partial charge in [0.25, 0.3) is 5.56 Å². The molecular formula is C19H23N7O2. The number of H-pyrrole nitrogens is 1. The van der Waals surface area contributed by atoms with E-state index in [0.717, 1.165) is 29.1 Å². The number of nitrogens with one attached hydrogen (secondary N) is 3. The van der Waals surface area contributed by atoms with Gasteiger partial charge >= 0.3 is 6.03 Å². The zero-order valence-corrected chi connectivity index (χ0v) is 15.9. The number of hydrogen-bond donors (Lipinski definition) is 3. The van der Waals surface area contributed by atoms with Crippen molar-refractivity contribution in [3.8, 4) is 5.82 Å². The topological polar surface area (TPSA) is 118 Å².